The van der Waals surface area contributed by atoms with Crippen molar-refractivity contribution >= 4 is 7.82 Å². The van der Waals surface area contributed by atoms with E-state index in [2.05, 4.69) is 11.4 Å². The number of phosphoric ester groups is 1. The van der Waals surface area contributed by atoms with E-state index >= 15 is 0 Å². The molecule has 4 nitrogen and oxygen atoms in total. The van der Waals surface area contributed by atoms with Crippen molar-refractivity contribution < 1.29 is 71.7 Å². The number of hydrogen-bond donors (Lipinski definition) is 2. The molecule has 0 amide bonds. The van der Waals surface area contributed by atoms with Crippen LogP contribution in [0.1, 0.15) is 40.5 Å². The molecule has 0 aliphatic heterocycles. The van der Waals surface area contributed by atoms with Crippen LogP contribution >= 0.6 is 7.82 Å². The van der Waals surface area contributed by atoms with E-state index < -0.39 is 7.82 Å². The zero-order valence-corrected chi connectivity index (χ0v) is 12.4. The van der Waals surface area contributed by atoms with Crippen molar-refractivity contribution in [3.05, 3.63) is 0 Å². The Kier molecular flexibility index (Phi) is 13.5. The molecule has 0 spiro atoms. The largest absolute Gasteiger partial charge is 1.00 e. The second kappa shape index (κ2) is 10.3. The molecule has 13 heavy (non-hydrogen) atoms. The minimum absolute atomic E-state index is 0. The zero-order chi connectivity index (χ0) is 9.45. The van der Waals surface area contributed by atoms with Gasteiger partial charge in [-0.1, -0.05) is 32.6 Å². The Morgan fingerprint density at radius 3 is 2.23 bits per heavy atom. The smallest absolute Gasteiger partial charge is 1.00 e. The summed E-state index contributed by atoms with van der Waals surface area (Å²) in [4.78, 5) is 16.6. The van der Waals surface area contributed by atoms with Crippen molar-refractivity contribution in [3.63, 3.8) is 0 Å². The second-order valence-electron chi connectivity index (χ2n) is 2.74. The Morgan fingerprint density at radius 2 is 1.77 bits per heavy atom. The Labute approximate surface area is 124 Å². The first-order valence-corrected chi connectivity index (χ1v) is 5.79. The summed E-state index contributed by atoms with van der Waals surface area (Å²) in [6.45, 7) is 2.28. The number of hydrogen-bond acceptors (Lipinski definition) is 2. The van der Waals surface area contributed by atoms with Crippen molar-refractivity contribution in [2.24, 2.45) is 0 Å². The van der Waals surface area contributed by atoms with Gasteiger partial charge in [0.25, 0.3) is 0 Å². The summed E-state index contributed by atoms with van der Waals surface area (Å²) in [5.74, 6) is 0. The van der Waals surface area contributed by atoms with E-state index in [1.807, 2.05) is 0 Å². The van der Waals surface area contributed by atoms with E-state index in [4.69, 9.17) is 9.79 Å². The molecule has 0 heterocycles. The number of phosphoric acid groups is 1. The summed E-state index contributed by atoms with van der Waals surface area (Å²) in [5.41, 5.74) is 0. The zero-order valence-electron chi connectivity index (χ0n) is 9.40. The Balaban J connectivity index is -0.000000605. The van der Waals surface area contributed by atoms with Gasteiger partial charge < -0.3 is 11.2 Å². The first-order valence-electron chi connectivity index (χ1n) is 4.26. The molecule has 0 fully saturated rings. The minimum atomic E-state index is -4.22. The molecule has 0 rings (SSSR count). The molecule has 0 unspecified atom stereocenters. The third-order valence-electron chi connectivity index (χ3n) is 1.51. The van der Waals surface area contributed by atoms with Gasteiger partial charge in [0.2, 0.25) is 0 Å². The van der Waals surface area contributed by atoms with Crippen molar-refractivity contribution in [3.8, 4) is 0 Å². The molecule has 0 saturated carbocycles. The normalized spacial score (nSPS) is 11.0. The van der Waals surface area contributed by atoms with Gasteiger partial charge in [-0.05, 0) is 6.42 Å². The monoisotopic (exact) mass is 236 g/mol. The summed E-state index contributed by atoms with van der Waals surface area (Å²) in [7, 11) is -4.22. The summed E-state index contributed by atoms with van der Waals surface area (Å²) >= 11 is 0. The summed E-state index contributed by atoms with van der Waals surface area (Å²) in [6, 6.07) is 0. The molecular formula is C7H18KO4P. The third-order valence-corrected chi connectivity index (χ3v) is 2.03. The van der Waals surface area contributed by atoms with Crippen LogP contribution in [0.3, 0.4) is 0 Å². The molecule has 0 aromatic carbocycles. The van der Waals surface area contributed by atoms with Gasteiger partial charge in [-0.15, -0.1) is 0 Å². The average molecular weight is 236 g/mol. The van der Waals surface area contributed by atoms with E-state index in [9.17, 15) is 4.57 Å². The molecule has 76 valence electrons. The maximum absolute atomic E-state index is 10.2. The van der Waals surface area contributed by atoms with E-state index in [1.54, 1.807) is 0 Å². The van der Waals surface area contributed by atoms with Crippen LogP contribution < -0.4 is 51.4 Å². The molecule has 0 aliphatic carbocycles. The van der Waals surface area contributed by atoms with E-state index in [0.717, 1.165) is 19.3 Å². The van der Waals surface area contributed by atoms with Gasteiger partial charge in [-0.25, -0.2) is 4.57 Å². The van der Waals surface area contributed by atoms with Gasteiger partial charge in [0.15, 0.2) is 0 Å². The first kappa shape index (κ1) is 17.2. The molecule has 0 bridgehead atoms. The van der Waals surface area contributed by atoms with Crippen LogP contribution in [-0.2, 0) is 9.09 Å². The fourth-order valence-corrected chi connectivity index (χ4v) is 1.26. The van der Waals surface area contributed by atoms with Crippen molar-refractivity contribution in [1.82, 2.24) is 0 Å². The molecule has 0 atom stereocenters. The Hall–Kier alpha value is 1.75. The average Bonchev–Trinajstić information content (AvgIpc) is 1.94. The maximum atomic E-state index is 10.2. The third kappa shape index (κ3) is 16.4. The summed E-state index contributed by atoms with van der Waals surface area (Å²) in [5, 5.41) is 0. The minimum Gasteiger partial charge on any atom is -1.00 e. The van der Waals surface area contributed by atoms with Crippen LogP contribution in [0, 0.1) is 0 Å². The van der Waals surface area contributed by atoms with Crippen LogP contribution in [0.15, 0.2) is 0 Å². The fraction of sp³-hybridized carbons (Fsp3) is 1.00. The molecule has 0 radical (unpaired) electrons. The van der Waals surface area contributed by atoms with Crippen molar-refractivity contribution in [2.45, 2.75) is 39.0 Å². The number of unbranched alkanes of at least 4 members (excludes halogenated alkanes) is 4. The Morgan fingerprint density at radius 1 is 1.23 bits per heavy atom. The van der Waals surface area contributed by atoms with Gasteiger partial charge in [-0.2, -0.15) is 0 Å². The SMILES string of the molecule is CCCCCCCOP(=O)(O)O.[H-].[K+]. The molecule has 0 aliphatic rings. The standard InChI is InChI=1S/C7H17O4P.K.H/c1-2-3-4-5-6-7-11-12(8,9)10;;/h2-7H2,1H3,(H2,8,9,10);;/q;+1;-1. The van der Waals surface area contributed by atoms with Crippen molar-refractivity contribution in [1.29, 1.82) is 0 Å². The predicted molar refractivity (Wildman–Crippen MR) is 47.9 cm³/mol. The first-order chi connectivity index (χ1) is 5.56. The van der Waals surface area contributed by atoms with Gasteiger partial charge >= 0.3 is 59.2 Å². The fourth-order valence-electron chi connectivity index (χ4n) is 0.889. The van der Waals surface area contributed by atoms with Crippen LogP contribution in [0.4, 0.5) is 0 Å². The van der Waals surface area contributed by atoms with E-state index in [-0.39, 0.29) is 59.4 Å². The maximum Gasteiger partial charge on any atom is 1.00 e. The second-order valence-corrected chi connectivity index (χ2v) is 3.98. The van der Waals surface area contributed by atoms with Gasteiger partial charge in [0, 0.05) is 0 Å². The van der Waals surface area contributed by atoms with E-state index in [1.165, 1.54) is 12.8 Å². The molecule has 0 saturated heterocycles. The molecule has 0 aromatic rings. The van der Waals surface area contributed by atoms with Gasteiger partial charge in [0.1, 0.15) is 0 Å². The molecule has 6 heteroatoms. The van der Waals surface area contributed by atoms with Crippen LogP contribution in [0.5, 0.6) is 0 Å². The number of rotatable bonds is 7. The topological polar surface area (TPSA) is 66.8 Å². The van der Waals surface area contributed by atoms with Crippen LogP contribution in [-0.4, -0.2) is 16.4 Å². The molecule has 0 aromatic heterocycles. The van der Waals surface area contributed by atoms with E-state index in [0.29, 0.717) is 0 Å². The summed E-state index contributed by atoms with van der Waals surface area (Å²) in [6.07, 6.45) is 5.16. The molecular weight excluding hydrogens is 218 g/mol. The van der Waals surface area contributed by atoms with Gasteiger partial charge in [-0.3, -0.25) is 4.52 Å². The summed E-state index contributed by atoms with van der Waals surface area (Å²) < 4.78 is 14.5. The Bertz CT molecular complexity index is 153. The van der Waals surface area contributed by atoms with Crippen LogP contribution in [0.25, 0.3) is 0 Å². The van der Waals surface area contributed by atoms with Gasteiger partial charge in [0.05, 0.1) is 6.61 Å². The molecule has 2 N–H and O–H groups in total. The quantitative estimate of drug-likeness (QED) is 0.344. The van der Waals surface area contributed by atoms with Crippen molar-refractivity contribution in [2.75, 3.05) is 6.61 Å². The predicted octanol–water partition coefficient (Wildman–Crippen LogP) is -0.817. The van der Waals surface area contributed by atoms with Crippen LogP contribution in [0.2, 0.25) is 0 Å².